The molecule has 0 fully saturated rings. The van der Waals surface area contributed by atoms with E-state index < -0.39 is 0 Å². The van der Waals surface area contributed by atoms with E-state index >= 15 is 0 Å². The van der Waals surface area contributed by atoms with Gasteiger partial charge in [0.15, 0.2) is 0 Å². The Balaban J connectivity index is 0.000000510. The largest absolute Gasteiger partial charge is 0.330 e. The quantitative estimate of drug-likeness (QED) is 0.800. The van der Waals surface area contributed by atoms with Crippen LogP contribution >= 0.6 is 11.3 Å². The van der Waals surface area contributed by atoms with Gasteiger partial charge in [0.1, 0.15) is 0 Å². The van der Waals surface area contributed by atoms with Crippen LogP contribution in [-0.2, 0) is 13.1 Å². The summed E-state index contributed by atoms with van der Waals surface area (Å²) in [4.78, 5) is 16.1. The summed E-state index contributed by atoms with van der Waals surface area (Å²) in [5.41, 5.74) is 1.11. The number of aryl methyl sites for hydroxylation is 1. The van der Waals surface area contributed by atoms with Crippen LogP contribution in [0.1, 0.15) is 47.9 Å². The molecule has 3 rings (SSSR count). The van der Waals surface area contributed by atoms with E-state index in [1.165, 1.54) is 4.88 Å². The first-order valence-electron chi connectivity index (χ1n) is 7.60. The van der Waals surface area contributed by atoms with Crippen molar-refractivity contribution in [2.45, 2.75) is 47.7 Å². The van der Waals surface area contributed by atoms with E-state index in [1.54, 1.807) is 17.5 Å². The minimum absolute atomic E-state index is 0.135. The zero-order valence-corrected chi connectivity index (χ0v) is 14.4. The second kappa shape index (κ2) is 8.62. The highest BCUT2D eigenvalue weighted by Gasteiger charge is 2.22. The van der Waals surface area contributed by atoms with Crippen LogP contribution in [0.2, 0.25) is 0 Å². The van der Waals surface area contributed by atoms with Crippen LogP contribution < -0.4 is 0 Å². The SMILES string of the molecule is CC.CC.Cc1ccc(C(=O)N2CCn3nccc3C2)s1. The number of hydrogen-bond acceptors (Lipinski definition) is 3. The Morgan fingerprint density at radius 1 is 1.14 bits per heavy atom. The van der Waals surface area contributed by atoms with Crippen LogP contribution in [0.5, 0.6) is 0 Å². The molecule has 1 amide bonds. The maximum atomic E-state index is 12.3. The zero-order valence-electron chi connectivity index (χ0n) is 13.6. The van der Waals surface area contributed by atoms with Crippen molar-refractivity contribution in [3.8, 4) is 0 Å². The van der Waals surface area contributed by atoms with Crippen molar-refractivity contribution >= 4 is 17.2 Å². The molecule has 0 unspecified atom stereocenters. The Morgan fingerprint density at radius 2 is 1.86 bits per heavy atom. The number of rotatable bonds is 1. The standard InChI is InChI=1S/C12H13N3OS.2C2H6/c1-9-2-3-11(17-9)12(16)14-6-7-15-10(8-14)4-5-13-15;2*1-2/h2-5H,6-8H2,1H3;2*1-2H3. The van der Waals surface area contributed by atoms with Gasteiger partial charge in [0.05, 0.1) is 23.7 Å². The molecule has 0 saturated carbocycles. The zero-order chi connectivity index (χ0) is 15.8. The lowest BCUT2D eigenvalue weighted by Gasteiger charge is -2.27. The average Bonchev–Trinajstić information content (AvgIpc) is 3.18. The number of fused-ring (bicyclic) bond motifs is 1. The molecule has 21 heavy (non-hydrogen) atoms. The Labute approximate surface area is 131 Å². The maximum absolute atomic E-state index is 12.3. The molecular weight excluding hydrogens is 282 g/mol. The van der Waals surface area contributed by atoms with Crippen molar-refractivity contribution in [3.63, 3.8) is 0 Å². The van der Waals surface area contributed by atoms with Gasteiger partial charge in [-0.2, -0.15) is 5.10 Å². The normalized spacial score (nSPS) is 12.5. The van der Waals surface area contributed by atoms with E-state index in [-0.39, 0.29) is 5.91 Å². The van der Waals surface area contributed by atoms with Crippen molar-refractivity contribution in [2.75, 3.05) is 6.54 Å². The Kier molecular flexibility index (Phi) is 7.15. The monoisotopic (exact) mass is 307 g/mol. The van der Waals surface area contributed by atoms with Gasteiger partial charge in [-0.15, -0.1) is 11.3 Å². The minimum Gasteiger partial charge on any atom is -0.330 e. The fraction of sp³-hybridized carbons (Fsp3) is 0.500. The van der Waals surface area contributed by atoms with Gasteiger partial charge in [-0.05, 0) is 25.1 Å². The highest BCUT2D eigenvalue weighted by molar-refractivity contribution is 7.13. The number of carbonyl (C=O) groups is 1. The lowest BCUT2D eigenvalue weighted by molar-refractivity contribution is 0.0711. The predicted octanol–water partition coefficient (Wildman–Crippen LogP) is 3.96. The number of nitrogens with zero attached hydrogens (tertiary/aromatic N) is 3. The van der Waals surface area contributed by atoms with E-state index in [4.69, 9.17) is 0 Å². The molecular formula is C16H25N3OS. The molecule has 5 heteroatoms. The molecule has 0 saturated heterocycles. The average molecular weight is 307 g/mol. The Morgan fingerprint density at radius 3 is 2.48 bits per heavy atom. The van der Waals surface area contributed by atoms with Crippen LogP contribution in [-0.4, -0.2) is 27.1 Å². The summed E-state index contributed by atoms with van der Waals surface area (Å²) in [6, 6.07) is 5.87. The van der Waals surface area contributed by atoms with Gasteiger partial charge in [-0.25, -0.2) is 0 Å². The molecule has 0 radical (unpaired) electrons. The molecule has 0 spiro atoms. The Hall–Kier alpha value is -1.62. The summed E-state index contributed by atoms with van der Waals surface area (Å²) in [7, 11) is 0. The highest BCUT2D eigenvalue weighted by Crippen LogP contribution is 2.20. The van der Waals surface area contributed by atoms with Gasteiger partial charge in [-0.3, -0.25) is 9.48 Å². The van der Waals surface area contributed by atoms with Crippen LogP contribution in [0.15, 0.2) is 24.4 Å². The first kappa shape index (κ1) is 17.4. The second-order valence-electron chi connectivity index (χ2n) is 4.18. The summed E-state index contributed by atoms with van der Waals surface area (Å²) in [6.45, 7) is 12.2. The van der Waals surface area contributed by atoms with Gasteiger partial charge in [-0.1, -0.05) is 27.7 Å². The van der Waals surface area contributed by atoms with Gasteiger partial charge in [0.25, 0.3) is 5.91 Å². The summed E-state index contributed by atoms with van der Waals surface area (Å²) >= 11 is 1.56. The van der Waals surface area contributed by atoms with Crippen molar-refractivity contribution in [1.29, 1.82) is 0 Å². The van der Waals surface area contributed by atoms with Crippen molar-refractivity contribution in [3.05, 3.63) is 39.8 Å². The van der Waals surface area contributed by atoms with Crippen molar-refractivity contribution < 1.29 is 4.79 Å². The first-order chi connectivity index (χ1) is 10.2. The third-order valence-electron chi connectivity index (χ3n) is 2.98. The van der Waals surface area contributed by atoms with Crippen LogP contribution in [0.4, 0.5) is 0 Å². The first-order valence-corrected chi connectivity index (χ1v) is 8.42. The number of thiophene rings is 1. The summed E-state index contributed by atoms with van der Waals surface area (Å²) in [5, 5.41) is 4.21. The van der Waals surface area contributed by atoms with E-state index in [0.29, 0.717) is 6.54 Å². The molecule has 2 aromatic rings. The predicted molar refractivity (Wildman–Crippen MR) is 88.7 cm³/mol. The van der Waals surface area contributed by atoms with Gasteiger partial charge >= 0.3 is 0 Å². The summed E-state index contributed by atoms with van der Waals surface area (Å²) in [5.74, 6) is 0.135. The molecule has 0 aliphatic carbocycles. The van der Waals surface area contributed by atoms with Gasteiger partial charge in [0, 0.05) is 17.6 Å². The lowest BCUT2D eigenvalue weighted by Crippen LogP contribution is -2.38. The van der Waals surface area contributed by atoms with Crippen molar-refractivity contribution in [1.82, 2.24) is 14.7 Å². The molecule has 2 aromatic heterocycles. The number of amides is 1. The molecule has 0 N–H and O–H groups in total. The molecule has 0 bridgehead atoms. The third kappa shape index (κ3) is 4.17. The lowest BCUT2D eigenvalue weighted by atomic mass is 10.3. The maximum Gasteiger partial charge on any atom is 0.264 e. The molecule has 116 valence electrons. The fourth-order valence-corrected chi connectivity index (χ4v) is 2.90. The van der Waals surface area contributed by atoms with E-state index in [1.807, 2.05) is 62.4 Å². The molecule has 3 heterocycles. The van der Waals surface area contributed by atoms with Crippen LogP contribution in [0, 0.1) is 6.92 Å². The fourth-order valence-electron chi connectivity index (χ4n) is 2.06. The summed E-state index contributed by atoms with van der Waals surface area (Å²) < 4.78 is 1.96. The topological polar surface area (TPSA) is 38.1 Å². The van der Waals surface area contributed by atoms with Gasteiger partial charge < -0.3 is 4.90 Å². The molecule has 0 aromatic carbocycles. The Bertz CT molecular complexity index is 559. The molecule has 0 atom stereocenters. The minimum atomic E-state index is 0.135. The number of aromatic nitrogens is 2. The molecule has 1 aliphatic rings. The van der Waals surface area contributed by atoms with Crippen molar-refractivity contribution in [2.24, 2.45) is 0 Å². The third-order valence-corrected chi connectivity index (χ3v) is 3.97. The highest BCUT2D eigenvalue weighted by atomic mass is 32.1. The van der Waals surface area contributed by atoms with E-state index in [9.17, 15) is 4.79 Å². The van der Waals surface area contributed by atoms with E-state index in [2.05, 4.69) is 5.10 Å². The van der Waals surface area contributed by atoms with Crippen LogP contribution in [0.25, 0.3) is 0 Å². The second-order valence-corrected chi connectivity index (χ2v) is 5.47. The number of hydrogen-bond donors (Lipinski definition) is 0. The van der Waals surface area contributed by atoms with Crippen LogP contribution in [0.3, 0.4) is 0 Å². The van der Waals surface area contributed by atoms with Gasteiger partial charge in [0.2, 0.25) is 0 Å². The number of carbonyl (C=O) groups excluding carboxylic acids is 1. The van der Waals surface area contributed by atoms with E-state index in [0.717, 1.165) is 23.7 Å². The molecule has 1 aliphatic heterocycles. The smallest absolute Gasteiger partial charge is 0.264 e. The summed E-state index contributed by atoms with van der Waals surface area (Å²) in [6.07, 6.45) is 1.79. The molecule has 4 nitrogen and oxygen atoms in total.